The van der Waals surface area contributed by atoms with Crippen LogP contribution in [0.2, 0.25) is 0 Å². The van der Waals surface area contributed by atoms with Crippen LogP contribution >= 0.6 is 0 Å². The molecule has 1 aliphatic carbocycles. The Labute approximate surface area is 203 Å². The molecule has 2 amide bonds. The summed E-state index contributed by atoms with van der Waals surface area (Å²) < 4.78 is 45.5. The van der Waals surface area contributed by atoms with Gasteiger partial charge in [0.1, 0.15) is 5.60 Å². The number of carbonyl (C=O) groups is 2. The molecule has 4 rings (SSSR count). The second-order valence-electron chi connectivity index (χ2n) is 10.9. The number of rotatable bonds is 6. The molecule has 1 saturated carbocycles. The maximum atomic E-state index is 13.4. The number of hydrogen-bond donors (Lipinski definition) is 0. The molecule has 7 nitrogen and oxygen atoms in total. The molecule has 1 aromatic carbocycles. The molecule has 1 aromatic rings. The van der Waals surface area contributed by atoms with Crippen LogP contribution in [0.5, 0.6) is 0 Å². The number of amides is 2. The molecule has 0 N–H and O–H groups in total. The van der Waals surface area contributed by atoms with Crippen molar-refractivity contribution in [3.8, 4) is 6.07 Å². The van der Waals surface area contributed by atoms with Crippen LogP contribution in [0.25, 0.3) is 0 Å². The summed E-state index contributed by atoms with van der Waals surface area (Å²) in [5, 5.41) is 9.35. The molecule has 2 atom stereocenters. The third-order valence-corrected chi connectivity index (χ3v) is 7.00. The highest BCUT2D eigenvalue weighted by Gasteiger charge is 2.56. The minimum atomic E-state index is -4.92. The molecule has 0 aromatic heterocycles. The van der Waals surface area contributed by atoms with Crippen molar-refractivity contribution in [2.75, 3.05) is 32.7 Å². The van der Waals surface area contributed by atoms with E-state index >= 15 is 0 Å². The monoisotopic (exact) mass is 492 g/mol. The molecule has 3 fully saturated rings. The quantitative estimate of drug-likeness (QED) is 0.604. The van der Waals surface area contributed by atoms with E-state index in [4.69, 9.17) is 4.74 Å². The lowest BCUT2D eigenvalue weighted by molar-refractivity contribution is -0.188. The minimum absolute atomic E-state index is 0.0290. The highest BCUT2D eigenvalue weighted by Crippen LogP contribution is 2.47. The van der Waals surface area contributed by atoms with Gasteiger partial charge in [0.05, 0.1) is 18.0 Å². The summed E-state index contributed by atoms with van der Waals surface area (Å²) in [5.41, 5.74) is -0.202. The van der Waals surface area contributed by atoms with Gasteiger partial charge in [0.15, 0.2) is 0 Å². The van der Waals surface area contributed by atoms with E-state index in [1.54, 1.807) is 25.7 Å². The number of ether oxygens (including phenoxy) is 1. The van der Waals surface area contributed by atoms with E-state index in [2.05, 4.69) is 11.0 Å². The van der Waals surface area contributed by atoms with Gasteiger partial charge >= 0.3 is 18.2 Å². The maximum Gasteiger partial charge on any atom is 0.471 e. The zero-order chi connectivity index (χ0) is 25.6. The van der Waals surface area contributed by atoms with Crippen molar-refractivity contribution in [2.45, 2.75) is 62.9 Å². The van der Waals surface area contributed by atoms with Gasteiger partial charge in [-0.25, -0.2) is 4.79 Å². The second kappa shape index (κ2) is 9.01. The zero-order valence-electron chi connectivity index (χ0n) is 20.2. The summed E-state index contributed by atoms with van der Waals surface area (Å²) in [5.74, 6) is -1.99. The molecule has 2 heterocycles. The zero-order valence-corrected chi connectivity index (χ0v) is 20.2. The van der Waals surface area contributed by atoms with Crippen molar-refractivity contribution >= 4 is 12.0 Å². The highest BCUT2D eigenvalue weighted by molar-refractivity contribution is 5.82. The largest absolute Gasteiger partial charge is 0.471 e. The Bertz CT molecular complexity index is 990. The maximum absolute atomic E-state index is 13.4. The Balaban J connectivity index is 1.37. The molecule has 0 radical (unpaired) electrons. The van der Waals surface area contributed by atoms with Gasteiger partial charge in [0, 0.05) is 50.6 Å². The second-order valence-corrected chi connectivity index (χ2v) is 10.9. The van der Waals surface area contributed by atoms with Crippen LogP contribution in [-0.4, -0.2) is 82.8 Å². The molecule has 2 aliphatic heterocycles. The number of benzene rings is 1. The molecule has 0 spiro atoms. The van der Waals surface area contributed by atoms with Gasteiger partial charge in [-0.15, -0.1) is 0 Å². The first kappa shape index (κ1) is 25.3. The Morgan fingerprint density at radius 1 is 1.17 bits per heavy atom. The van der Waals surface area contributed by atoms with Gasteiger partial charge in [-0.1, -0.05) is 30.3 Å². The summed E-state index contributed by atoms with van der Waals surface area (Å²) in [4.78, 5) is 29.2. The van der Waals surface area contributed by atoms with E-state index in [1.807, 2.05) is 30.3 Å². The van der Waals surface area contributed by atoms with Crippen molar-refractivity contribution in [3.05, 3.63) is 35.9 Å². The van der Waals surface area contributed by atoms with Gasteiger partial charge < -0.3 is 14.5 Å². The normalized spacial score (nSPS) is 24.1. The lowest BCUT2D eigenvalue weighted by atomic mass is 9.80. The molecule has 0 bridgehead atoms. The number of hydrogen-bond acceptors (Lipinski definition) is 5. The van der Waals surface area contributed by atoms with Crippen LogP contribution in [-0.2, 0) is 9.53 Å². The fourth-order valence-corrected chi connectivity index (χ4v) is 5.16. The Hall–Kier alpha value is -2.80. The van der Waals surface area contributed by atoms with Crippen molar-refractivity contribution in [2.24, 2.45) is 5.92 Å². The van der Waals surface area contributed by atoms with E-state index in [9.17, 15) is 28.0 Å². The van der Waals surface area contributed by atoms with Gasteiger partial charge in [0.25, 0.3) is 0 Å². The topological polar surface area (TPSA) is 76.9 Å². The van der Waals surface area contributed by atoms with Gasteiger partial charge in [-0.3, -0.25) is 9.69 Å². The van der Waals surface area contributed by atoms with Crippen LogP contribution in [0.15, 0.2) is 30.3 Å². The standard InChI is InChI=1S/C25H31F3N4O3/c1-23(2,3)35-22(34)30-15-24(16-30,9-10-29)31-12-17(13-31)14-32(21(33)25(26,27)28)20-11-19(20)18-7-5-4-6-8-18/h4-8,17,19-20H,9,11-16H2,1-3H3/t19-,20+/m0/s1. The van der Waals surface area contributed by atoms with Crippen LogP contribution in [0.4, 0.5) is 18.0 Å². The van der Waals surface area contributed by atoms with E-state index in [0.29, 0.717) is 32.6 Å². The number of nitriles is 1. The number of halogens is 3. The number of likely N-dealkylation sites (tertiary alicyclic amines) is 2. The molecule has 2 saturated heterocycles. The van der Waals surface area contributed by atoms with Gasteiger partial charge in [-0.05, 0) is 32.8 Å². The van der Waals surface area contributed by atoms with Crippen molar-refractivity contribution in [1.82, 2.24) is 14.7 Å². The molecule has 190 valence electrons. The molecule has 0 unspecified atom stereocenters. The van der Waals surface area contributed by atoms with E-state index in [1.165, 1.54) is 0 Å². The lowest BCUT2D eigenvalue weighted by Crippen LogP contribution is -2.76. The first-order valence-electron chi connectivity index (χ1n) is 11.9. The fourth-order valence-electron chi connectivity index (χ4n) is 5.16. The smallest absolute Gasteiger partial charge is 0.444 e. The Morgan fingerprint density at radius 2 is 1.80 bits per heavy atom. The first-order valence-corrected chi connectivity index (χ1v) is 11.9. The highest BCUT2D eigenvalue weighted by atomic mass is 19.4. The number of nitrogens with zero attached hydrogens (tertiary/aromatic N) is 4. The van der Waals surface area contributed by atoms with Crippen molar-refractivity contribution < 1.29 is 27.5 Å². The predicted octanol–water partition coefficient (Wildman–Crippen LogP) is 3.77. The van der Waals surface area contributed by atoms with Gasteiger partial charge in [-0.2, -0.15) is 18.4 Å². The SMILES string of the molecule is CC(C)(C)OC(=O)N1CC(CC#N)(N2CC(CN(C(=O)C(F)(F)F)[C@@H]3C[C@H]3c3ccccc3)C2)C1. The molecular weight excluding hydrogens is 461 g/mol. The van der Waals surface area contributed by atoms with Crippen LogP contribution in [0, 0.1) is 17.2 Å². The van der Waals surface area contributed by atoms with E-state index in [0.717, 1.165) is 10.5 Å². The van der Waals surface area contributed by atoms with Crippen molar-refractivity contribution in [3.63, 3.8) is 0 Å². The average molecular weight is 493 g/mol. The Morgan fingerprint density at radius 3 is 2.34 bits per heavy atom. The first-order chi connectivity index (χ1) is 16.3. The molecule has 35 heavy (non-hydrogen) atoms. The van der Waals surface area contributed by atoms with Crippen molar-refractivity contribution in [1.29, 1.82) is 5.26 Å². The summed E-state index contributed by atoms with van der Waals surface area (Å²) in [6.07, 6.45) is -4.63. The minimum Gasteiger partial charge on any atom is -0.444 e. The number of alkyl halides is 3. The summed E-state index contributed by atoms with van der Waals surface area (Å²) >= 11 is 0. The average Bonchev–Trinajstić information content (AvgIpc) is 3.49. The Kier molecular flexibility index (Phi) is 6.51. The van der Waals surface area contributed by atoms with E-state index < -0.39 is 35.4 Å². The van der Waals surface area contributed by atoms with Crippen LogP contribution in [0.1, 0.15) is 45.1 Å². The summed E-state index contributed by atoms with van der Waals surface area (Å²) in [7, 11) is 0. The van der Waals surface area contributed by atoms with Gasteiger partial charge in [0.2, 0.25) is 0 Å². The number of carbonyl (C=O) groups excluding carboxylic acids is 2. The van der Waals surface area contributed by atoms with Crippen LogP contribution in [0.3, 0.4) is 0 Å². The summed E-state index contributed by atoms with van der Waals surface area (Å²) in [6, 6.07) is 11.0. The third kappa shape index (κ3) is 5.40. The molecular formula is C25H31F3N4O3. The summed E-state index contributed by atoms with van der Waals surface area (Å²) in [6.45, 7) is 7.01. The molecule has 10 heteroatoms. The fraction of sp³-hybridized carbons (Fsp3) is 0.640. The van der Waals surface area contributed by atoms with Crippen LogP contribution < -0.4 is 0 Å². The predicted molar refractivity (Wildman–Crippen MR) is 121 cm³/mol. The molecule has 3 aliphatic rings. The third-order valence-electron chi connectivity index (χ3n) is 7.00. The lowest BCUT2D eigenvalue weighted by Gasteiger charge is -2.59. The van der Waals surface area contributed by atoms with E-state index in [-0.39, 0.29) is 24.8 Å².